The Kier molecular flexibility index (Phi) is 4.94. The van der Waals surface area contributed by atoms with E-state index in [4.69, 9.17) is 4.74 Å². The Labute approximate surface area is 118 Å². The molecule has 1 aromatic heterocycles. The van der Waals surface area contributed by atoms with Crippen molar-refractivity contribution in [3.8, 4) is 0 Å². The molecule has 4 nitrogen and oxygen atoms in total. The maximum Gasteiger partial charge on any atom is 0.247 e. The SMILES string of the molecule is O=C(/C=C/c1ccc(Br)s1)N1CCOCC1CO. The third kappa shape index (κ3) is 3.41. The minimum atomic E-state index is -0.231. The van der Waals surface area contributed by atoms with Gasteiger partial charge in [-0.1, -0.05) is 0 Å². The fraction of sp³-hybridized carbons (Fsp3) is 0.417. The van der Waals surface area contributed by atoms with E-state index in [1.807, 2.05) is 12.1 Å². The topological polar surface area (TPSA) is 49.8 Å². The molecule has 2 heterocycles. The minimum Gasteiger partial charge on any atom is -0.394 e. The van der Waals surface area contributed by atoms with Crippen molar-refractivity contribution in [2.45, 2.75) is 6.04 Å². The lowest BCUT2D eigenvalue weighted by atomic mass is 10.2. The van der Waals surface area contributed by atoms with Gasteiger partial charge in [-0.2, -0.15) is 0 Å². The van der Waals surface area contributed by atoms with E-state index in [0.29, 0.717) is 19.8 Å². The third-order valence-corrected chi connectivity index (χ3v) is 4.29. The van der Waals surface area contributed by atoms with Crippen molar-refractivity contribution in [1.82, 2.24) is 4.90 Å². The van der Waals surface area contributed by atoms with Gasteiger partial charge in [0.25, 0.3) is 0 Å². The largest absolute Gasteiger partial charge is 0.394 e. The van der Waals surface area contributed by atoms with Gasteiger partial charge in [0.1, 0.15) is 0 Å². The molecule has 98 valence electrons. The highest BCUT2D eigenvalue weighted by atomic mass is 79.9. The van der Waals surface area contributed by atoms with Crippen molar-refractivity contribution in [3.05, 3.63) is 26.9 Å². The van der Waals surface area contributed by atoms with Crippen LogP contribution in [-0.2, 0) is 9.53 Å². The standard InChI is InChI=1S/C12H14BrNO3S/c13-11-3-1-10(18-11)2-4-12(16)14-5-6-17-8-9(14)7-15/h1-4,9,15H,5-8H2/b4-2+. The number of hydrogen-bond acceptors (Lipinski definition) is 4. The van der Waals surface area contributed by atoms with Crippen molar-refractivity contribution >= 4 is 39.2 Å². The number of carbonyl (C=O) groups excluding carboxylic acids is 1. The van der Waals surface area contributed by atoms with Crippen LogP contribution in [0.25, 0.3) is 6.08 Å². The Morgan fingerprint density at radius 1 is 1.67 bits per heavy atom. The molecule has 1 aliphatic rings. The summed E-state index contributed by atoms with van der Waals surface area (Å²) in [6.45, 7) is 1.40. The average Bonchev–Trinajstić information content (AvgIpc) is 2.81. The number of rotatable bonds is 3. The summed E-state index contributed by atoms with van der Waals surface area (Å²) >= 11 is 4.94. The van der Waals surface area contributed by atoms with E-state index in [1.165, 1.54) is 0 Å². The van der Waals surface area contributed by atoms with Gasteiger partial charge in [0.05, 0.1) is 29.6 Å². The molecule has 18 heavy (non-hydrogen) atoms. The molecule has 1 fully saturated rings. The smallest absolute Gasteiger partial charge is 0.247 e. The van der Waals surface area contributed by atoms with Crippen LogP contribution in [0.15, 0.2) is 22.0 Å². The van der Waals surface area contributed by atoms with Crippen molar-refractivity contribution in [2.75, 3.05) is 26.4 Å². The number of aliphatic hydroxyl groups excluding tert-OH is 1. The first-order chi connectivity index (χ1) is 8.70. The van der Waals surface area contributed by atoms with E-state index in [2.05, 4.69) is 15.9 Å². The Morgan fingerprint density at radius 3 is 3.17 bits per heavy atom. The molecule has 0 bridgehead atoms. The lowest BCUT2D eigenvalue weighted by molar-refractivity contribution is -0.136. The van der Waals surface area contributed by atoms with Crippen LogP contribution in [0.3, 0.4) is 0 Å². The van der Waals surface area contributed by atoms with E-state index in [0.717, 1.165) is 8.66 Å². The number of thiophene rings is 1. The Morgan fingerprint density at radius 2 is 2.50 bits per heavy atom. The molecule has 6 heteroatoms. The summed E-state index contributed by atoms with van der Waals surface area (Å²) in [6.07, 6.45) is 3.34. The van der Waals surface area contributed by atoms with Crippen LogP contribution in [0, 0.1) is 0 Å². The van der Waals surface area contributed by atoms with Gasteiger partial charge in [-0.25, -0.2) is 0 Å². The molecular formula is C12H14BrNO3S. The normalized spacial score (nSPS) is 20.6. The minimum absolute atomic E-state index is 0.0653. The number of halogens is 1. The fourth-order valence-electron chi connectivity index (χ4n) is 1.76. The number of amides is 1. The van der Waals surface area contributed by atoms with Gasteiger partial charge >= 0.3 is 0 Å². The van der Waals surface area contributed by atoms with E-state index >= 15 is 0 Å². The Balaban J connectivity index is 2.00. The fourth-order valence-corrected chi connectivity index (χ4v) is 3.09. The van der Waals surface area contributed by atoms with Crippen LogP contribution in [0.1, 0.15) is 4.88 Å². The molecule has 1 saturated heterocycles. The van der Waals surface area contributed by atoms with Crippen molar-refractivity contribution in [1.29, 1.82) is 0 Å². The first-order valence-electron chi connectivity index (χ1n) is 5.63. The van der Waals surface area contributed by atoms with Crippen molar-refractivity contribution < 1.29 is 14.6 Å². The van der Waals surface area contributed by atoms with Gasteiger partial charge in [0.2, 0.25) is 5.91 Å². The third-order valence-electron chi connectivity index (χ3n) is 2.71. The molecule has 0 spiro atoms. The van der Waals surface area contributed by atoms with Crippen molar-refractivity contribution in [3.63, 3.8) is 0 Å². The van der Waals surface area contributed by atoms with E-state index in [-0.39, 0.29) is 18.6 Å². The molecule has 1 unspecified atom stereocenters. The summed E-state index contributed by atoms with van der Waals surface area (Å²) in [5.74, 6) is -0.0816. The van der Waals surface area contributed by atoms with Crippen LogP contribution < -0.4 is 0 Å². The molecule has 1 aliphatic heterocycles. The monoisotopic (exact) mass is 331 g/mol. The first-order valence-corrected chi connectivity index (χ1v) is 7.24. The number of morpholine rings is 1. The van der Waals surface area contributed by atoms with Crippen LogP contribution in [0.5, 0.6) is 0 Å². The van der Waals surface area contributed by atoms with Crippen LogP contribution in [-0.4, -0.2) is 48.3 Å². The maximum atomic E-state index is 12.0. The number of ether oxygens (including phenoxy) is 1. The lowest BCUT2D eigenvalue weighted by Crippen LogP contribution is -2.49. The zero-order chi connectivity index (χ0) is 13.0. The van der Waals surface area contributed by atoms with Crippen LogP contribution in [0.2, 0.25) is 0 Å². The second-order valence-corrected chi connectivity index (χ2v) is 6.41. The van der Waals surface area contributed by atoms with Gasteiger partial charge in [0.15, 0.2) is 0 Å². The molecule has 0 aliphatic carbocycles. The molecular weight excluding hydrogens is 318 g/mol. The average molecular weight is 332 g/mol. The highest BCUT2D eigenvalue weighted by Gasteiger charge is 2.25. The van der Waals surface area contributed by atoms with Gasteiger partial charge < -0.3 is 14.7 Å². The molecule has 0 saturated carbocycles. The second kappa shape index (κ2) is 6.47. The molecule has 0 radical (unpaired) electrons. The quantitative estimate of drug-likeness (QED) is 0.858. The number of aliphatic hydroxyl groups is 1. The lowest BCUT2D eigenvalue weighted by Gasteiger charge is -2.33. The van der Waals surface area contributed by atoms with Crippen LogP contribution >= 0.6 is 27.3 Å². The summed E-state index contributed by atoms with van der Waals surface area (Å²) in [5, 5.41) is 9.20. The zero-order valence-electron chi connectivity index (χ0n) is 9.71. The van der Waals surface area contributed by atoms with E-state index < -0.39 is 0 Å². The van der Waals surface area contributed by atoms with Gasteiger partial charge in [-0.05, 0) is 34.1 Å². The molecule has 1 amide bonds. The molecule has 1 N–H and O–H groups in total. The van der Waals surface area contributed by atoms with Gasteiger partial charge in [-0.15, -0.1) is 11.3 Å². The maximum absolute atomic E-state index is 12.0. The van der Waals surface area contributed by atoms with E-state index in [1.54, 1.807) is 28.4 Å². The zero-order valence-corrected chi connectivity index (χ0v) is 12.1. The summed E-state index contributed by atoms with van der Waals surface area (Å²) < 4.78 is 6.27. The number of hydrogen-bond donors (Lipinski definition) is 1. The van der Waals surface area contributed by atoms with Crippen LogP contribution in [0.4, 0.5) is 0 Å². The predicted octanol–water partition coefficient (Wildman–Crippen LogP) is 1.74. The Hall–Kier alpha value is -0.690. The molecule has 1 atom stereocenters. The number of carbonyl (C=O) groups is 1. The summed E-state index contributed by atoms with van der Waals surface area (Å²) in [6, 6.07) is 3.66. The summed E-state index contributed by atoms with van der Waals surface area (Å²) in [4.78, 5) is 14.7. The second-order valence-electron chi connectivity index (χ2n) is 3.92. The van der Waals surface area contributed by atoms with Crippen molar-refractivity contribution in [2.24, 2.45) is 0 Å². The number of nitrogens with zero attached hydrogens (tertiary/aromatic N) is 1. The summed E-state index contributed by atoms with van der Waals surface area (Å²) in [5.41, 5.74) is 0. The molecule has 2 rings (SSSR count). The highest BCUT2D eigenvalue weighted by molar-refractivity contribution is 9.11. The molecule has 1 aromatic rings. The summed E-state index contributed by atoms with van der Waals surface area (Å²) in [7, 11) is 0. The predicted molar refractivity (Wildman–Crippen MR) is 74.5 cm³/mol. The Bertz CT molecular complexity index is 446. The van der Waals surface area contributed by atoms with E-state index in [9.17, 15) is 9.90 Å². The molecule has 0 aromatic carbocycles. The highest BCUT2D eigenvalue weighted by Crippen LogP contribution is 2.23. The van der Waals surface area contributed by atoms with Gasteiger partial charge in [0, 0.05) is 17.5 Å². The first kappa shape index (κ1) is 13.7. The van der Waals surface area contributed by atoms with Gasteiger partial charge in [-0.3, -0.25) is 4.79 Å².